The Morgan fingerprint density at radius 1 is 1.43 bits per heavy atom. The van der Waals surface area contributed by atoms with Crippen LogP contribution < -0.4 is 5.32 Å². The SMILES string of the molecule is CCSCCC(C)NC(CC)CC#N. The quantitative estimate of drug-likeness (QED) is 0.631. The Balaban J connectivity index is 3.57. The van der Waals surface area contributed by atoms with Crippen molar-refractivity contribution in [1.29, 1.82) is 5.26 Å². The molecule has 14 heavy (non-hydrogen) atoms. The third-order valence-corrected chi connectivity index (χ3v) is 3.18. The Kier molecular flexibility index (Phi) is 9.23. The highest BCUT2D eigenvalue weighted by Crippen LogP contribution is 2.06. The van der Waals surface area contributed by atoms with E-state index in [9.17, 15) is 0 Å². The van der Waals surface area contributed by atoms with Crippen molar-refractivity contribution in [3.63, 3.8) is 0 Å². The van der Waals surface area contributed by atoms with Crippen molar-refractivity contribution in [1.82, 2.24) is 5.32 Å². The molecule has 0 amide bonds. The maximum absolute atomic E-state index is 8.60. The van der Waals surface area contributed by atoms with Crippen molar-refractivity contribution in [3.8, 4) is 6.07 Å². The Morgan fingerprint density at radius 3 is 2.64 bits per heavy atom. The fraction of sp³-hybridized carbons (Fsp3) is 0.909. The highest BCUT2D eigenvalue weighted by molar-refractivity contribution is 7.99. The lowest BCUT2D eigenvalue weighted by Crippen LogP contribution is -2.36. The van der Waals surface area contributed by atoms with Crippen LogP contribution in [0.5, 0.6) is 0 Å². The van der Waals surface area contributed by atoms with Crippen LogP contribution in [-0.2, 0) is 0 Å². The van der Waals surface area contributed by atoms with Gasteiger partial charge in [0, 0.05) is 12.1 Å². The lowest BCUT2D eigenvalue weighted by Gasteiger charge is -2.19. The van der Waals surface area contributed by atoms with Gasteiger partial charge in [0.15, 0.2) is 0 Å². The lowest BCUT2D eigenvalue weighted by atomic mass is 10.1. The molecule has 0 aliphatic heterocycles. The van der Waals surface area contributed by atoms with Gasteiger partial charge in [0.25, 0.3) is 0 Å². The maximum Gasteiger partial charge on any atom is 0.0638 e. The molecule has 0 aromatic rings. The summed E-state index contributed by atoms with van der Waals surface area (Å²) in [4.78, 5) is 0. The molecule has 0 aromatic carbocycles. The van der Waals surface area contributed by atoms with Gasteiger partial charge in [0.2, 0.25) is 0 Å². The number of hydrogen-bond acceptors (Lipinski definition) is 3. The molecular weight excluding hydrogens is 192 g/mol. The molecule has 0 rings (SSSR count). The molecule has 0 fully saturated rings. The first-order chi connectivity index (χ1) is 6.74. The molecule has 1 N–H and O–H groups in total. The molecule has 2 nitrogen and oxygen atoms in total. The number of hydrogen-bond donors (Lipinski definition) is 1. The van der Waals surface area contributed by atoms with E-state index in [1.54, 1.807) is 0 Å². The van der Waals surface area contributed by atoms with Gasteiger partial charge < -0.3 is 5.32 Å². The molecule has 0 aromatic heterocycles. The Bertz CT molecular complexity index is 165. The first kappa shape index (κ1) is 13.8. The van der Waals surface area contributed by atoms with Gasteiger partial charge in [-0.3, -0.25) is 0 Å². The van der Waals surface area contributed by atoms with Crippen LogP contribution in [0.1, 0.15) is 40.0 Å². The number of nitrogens with one attached hydrogen (secondary N) is 1. The van der Waals surface area contributed by atoms with Crippen LogP contribution in [0, 0.1) is 11.3 Å². The summed E-state index contributed by atoms with van der Waals surface area (Å²) in [5.74, 6) is 2.41. The van der Waals surface area contributed by atoms with Crippen molar-refractivity contribution < 1.29 is 0 Å². The van der Waals surface area contributed by atoms with Crippen molar-refractivity contribution in [2.45, 2.75) is 52.1 Å². The van der Waals surface area contributed by atoms with E-state index in [2.05, 4.69) is 32.2 Å². The van der Waals surface area contributed by atoms with E-state index >= 15 is 0 Å². The third kappa shape index (κ3) is 7.23. The first-order valence-corrected chi connectivity index (χ1v) is 6.60. The van der Waals surface area contributed by atoms with Gasteiger partial charge in [-0.25, -0.2) is 0 Å². The van der Waals surface area contributed by atoms with E-state index in [0.717, 1.165) is 6.42 Å². The molecular formula is C11H22N2S. The Hall–Kier alpha value is -0.200. The van der Waals surface area contributed by atoms with Gasteiger partial charge in [-0.1, -0.05) is 13.8 Å². The van der Waals surface area contributed by atoms with Crippen LogP contribution in [0.2, 0.25) is 0 Å². The van der Waals surface area contributed by atoms with Crippen LogP contribution >= 0.6 is 11.8 Å². The smallest absolute Gasteiger partial charge is 0.0638 e. The summed E-state index contributed by atoms with van der Waals surface area (Å²) in [6.07, 6.45) is 2.86. The topological polar surface area (TPSA) is 35.8 Å². The van der Waals surface area contributed by atoms with E-state index in [-0.39, 0.29) is 0 Å². The van der Waals surface area contributed by atoms with Crippen molar-refractivity contribution >= 4 is 11.8 Å². The fourth-order valence-corrected chi connectivity index (χ4v) is 2.13. The molecule has 2 unspecified atom stereocenters. The van der Waals surface area contributed by atoms with Crippen LogP contribution in [0.25, 0.3) is 0 Å². The van der Waals surface area contributed by atoms with Gasteiger partial charge in [-0.15, -0.1) is 0 Å². The second-order valence-electron chi connectivity index (χ2n) is 3.52. The normalized spacial score (nSPS) is 14.7. The predicted octanol–water partition coefficient (Wildman–Crippen LogP) is 2.80. The maximum atomic E-state index is 8.60. The lowest BCUT2D eigenvalue weighted by molar-refractivity contribution is 0.432. The van der Waals surface area contributed by atoms with E-state index in [1.165, 1.54) is 17.9 Å². The van der Waals surface area contributed by atoms with Crippen LogP contribution in [0.15, 0.2) is 0 Å². The molecule has 0 aliphatic rings. The van der Waals surface area contributed by atoms with Crippen molar-refractivity contribution in [3.05, 3.63) is 0 Å². The van der Waals surface area contributed by atoms with E-state index < -0.39 is 0 Å². The molecule has 82 valence electrons. The van der Waals surface area contributed by atoms with Crippen molar-refractivity contribution in [2.24, 2.45) is 0 Å². The minimum Gasteiger partial charge on any atom is -0.310 e. The van der Waals surface area contributed by atoms with Gasteiger partial charge in [-0.05, 0) is 31.3 Å². The zero-order chi connectivity index (χ0) is 10.8. The predicted molar refractivity (Wildman–Crippen MR) is 64.5 cm³/mol. The first-order valence-electron chi connectivity index (χ1n) is 5.45. The molecule has 0 aliphatic carbocycles. The van der Waals surface area contributed by atoms with Crippen LogP contribution in [0.4, 0.5) is 0 Å². The molecule has 3 heteroatoms. The number of thioether (sulfide) groups is 1. The summed E-state index contributed by atoms with van der Waals surface area (Å²) in [6.45, 7) is 6.52. The molecule has 0 saturated carbocycles. The molecule has 0 radical (unpaired) electrons. The van der Waals surface area contributed by atoms with E-state index in [4.69, 9.17) is 5.26 Å². The average Bonchev–Trinajstić information content (AvgIpc) is 2.17. The van der Waals surface area contributed by atoms with Gasteiger partial charge in [0.1, 0.15) is 0 Å². The summed E-state index contributed by atoms with van der Waals surface area (Å²) in [5.41, 5.74) is 0. The Morgan fingerprint density at radius 2 is 2.14 bits per heavy atom. The largest absolute Gasteiger partial charge is 0.310 e. The second-order valence-corrected chi connectivity index (χ2v) is 4.91. The zero-order valence-corrected chi connectivity index (χ0v) is 10.4. The molecule has 0 heterocycles. The van der Waals surface area contributed by atoms with E-state index in [0.29, 0.717) is 18.5 Å². The van der Waals surface area contributed by atoms with Crippen LogP contribution in [0.3, 0.4) is 0 Å². The average molecular weight is 214 g/mol. The number of rotatable bonds is 8. The van der Waals surface area contributed by atoms with E-state index in [1.807, 2.05) is 11.8 Å². The minimum absolute atomic E-state index is 0.377. The number of nitriles is 1. The Labute approximate surface area is 92.5 Å². The number of nitrogens with zero attached hydrogens (tertiary/aromatic N) is 1. The molecule has 0 bridgehead atoms. The van der Waals surface area contributed by atoms with Gasteiger partial charge in [0.05, 0.1) is 12.5 Å². The third-order valence-electron chi connectivity index (χ3n) is 2.25. The highest BCUT2D eigenvalue weighted by atomic mass is 32.2. The standard InChI is InChI=1S/C11H22N2S/c1-4-11(6-8-12)13-10(3)7-9-14-5-2/h10-11,13H,4-7,9H2,1-3H3. The van der Waals surface area contributed by atoms with Crippen LogP contribution in [-0.4, -0.2) is 23.6 Å². The second kappa shape index (κ2) is 9.36. The summed E-state index contributed by atoms with van der Waals surface area (Å²) in [7, 11) is 0. The monoisotopic (exact) mass is 214 g/mol. The molecule has 0 spiro atoms. The molecule has 0 saturated heterocycles. The summed E-state index contributed by atoms with van der Waals surface area (Å²) >= 11 is 1.98. The van der Waals surface area contributed by atoms with Gasteiger partial charge >= 0.3 is 0 Å². The zero-order valence-electron chi connectivity index (χ0n) is 9.55. The fourth-order valence-electron chi connectivity index (χ4n) is 1.32. The summed E-state index contributed by atoms with van der Waals surface area (Å²) in [6, 6.07) is 3.13. The minimum atomic E-state index is 0.377. The summed E-state index contributed by atoms with van der Waals surface area (Å²) in [5, 5.41) is 12.1. The molecule has 2 atom stereocenters. The highest BCUT2D eigenvalue weighted by Gasteiger charge is 2.09. The van der Waals surface area contributed by atoms with Gasteiger partial charge in [-0.2, -0.15) is 17.0 Å². The van der Waals surface area contributed by atoms with Crippen molar-refractivity contribution in [2.75, 3.05) is 11.5 Å². The summed E-state index contributed by atoms with van der Waals surface area (Å²) < 4.78 is 0.